The predicted molar refractivity (Wildman–Crippen MR) is 95.3 cm³/mol. The van der Waals surface area contributed by atoms with Gasteiger partial charge in [0.1, 0.15) is 6.04 Å². The van der Waals surface area contributed by atoms with Crippen LogP contribution in [0.5, 0.6) is 0 Å². The minimum atomic E-state index is -1.02. The minimum absolute atomic E-state index is 0.197. The van der Waals surface area contributed by atoms with Gasteiger partial charge in [-0.1, -0.05) is 42.4 Å². The smallest absolute Gasteiger partial charge is 0.326 e. The number of hydrogen-bond donors (Lipinski definition) is 1. The van der Waals surface area contributed by atoms with Gasteiger partial charge in [-0.3, -0.25) is 4.79 Å². The molecule has 1 atom stereocenters. The van der Waals surface area contributed by atoms with E-state index < -0.39 is 12.0 Å². The minimum Gasteiger partial charge on any atom is -0.480 e. The van der Waals surface area contributed by atoms with E-state index in [1.165, 1.54) is 11.8 Å². The number of carboxylic acid groups (broad SMARTS) is 1. The Labute approximate surface area is 153 Å². The highest BCUT2D eigenvalue weighted by molar-refractivity contribution is 5.83. The van der Waals surface area contributed by atoms with Crippen molar-refractivity contribution in [1.29, 1.82) is 0 Å². The largest absolute Gasteiger partial charge is 0.480 e. The average Bonchev–Trinajstić information content (AvgIpc) is 3.07. The topological polar surface area (TPSA) is 96.5 Å². The first-order valence-corrected chi connectivity index (χ1v) is 8.89. The lowest BCUT2D eigenvalue weighted by atomic mass is 10.1. The third-order valence-corrected chi connectivity index (χ3v) is 4.11. The second kappa shape index (κ2) is 9.70. The molecule has 0 aliphatic heterocycles. The maximum Gasteiger partial charge on any atom is 0.326 e. The lowest BCUT2D eigenvalue weighted by Gasteiger charge is -2.26. The van der Waals surface area contributed by atoms with E-state index in [4.69, 9.17) is 4.52 Å². The monoisotopic (exact) mass is 359 g/mol. The van der Waals surface area contributed by atoms with Crippen LogP contribution in [0.1, 0.15) is 50.4 Å². The van der Waals surface area contributed by atoms with Crippen LogP contribution in [0.2, 0.25) is 0 Å². The molecule has 0 saturated heterocycles. The highest BCUT2D eigenvalue weighted by Gasteiger charge is 2.25. The molecule has 26 heavy (non-hydrogen) atoms. The first-order chi connectivity index (χ1) is 12.5. The second-order valence-corrected chi connectivity index (χ2v) is 6.23. The Bertz CT molecular complexity index is 715. The number of carbonyl (C=O) groups is 2. The summed E-state index contributed by atoms with van der Waals surface area (Å²) < 4.78 is 5.16. The van der Waals surface area contributed by atoms with Gasteiger partial charge in [-0.15, -0.1) is 0 Å². The van der Waals surface area contributed by atoms with Crippen LogP contribution in [-0.4, -0.2) is 38.1 Å². The second-order valence-electron chi connectivity index (χ2n) is 6.23. The first kappa shape index (κ1) is 19.6. The molecule has 1 N–H and O–H groups in total. The summed E-state index contributed by atoms with van der Waals surface area (Å²) in [5, 5.41) is 13.2. The molecule has 2 aromatic rings. The SMILES string of the molecule is CCCc1noc(CCCC(=O)N(Cc2ccccc2)C(C)C(=O)O)n1. The molecule has 0 aliphatic carbocycles. The number of carboxylic acids is 1. The van der Waals surface area contributed by atoms with E-state index in [0.717, 1.165) is 18.4 Å². The van der Waals surface area contributed by atoms with Crippen molar-refractivity contribution >= 4 is 11.9 Å². The molecule has 0 spiro atoms. The van der Waals surface area contributed by atoms with E-state index in [-0.39, 0.29) is 18.9 Å². The van der Waals surface area contributed by atoms with E-state index >= 15 is 0 Å². The van der Waals surface area contributed by atoms with Gasteiger partial charge in [0.25, 0.3) is 0 Å². The standard InChI is InChI=1S/C19H25N3O4/c1-3-8-16-20-17(26-21-16)11-7-12-18(23)22(14(2)19(24)25)13-15-9-5-4-6-10-15/h4-6,9-10,14H,3,7-8,11-13H2,1-2H3,(H,24,25). The number of aromatic nitrogens is 2. The third-order valence-electron chi connectivity index (χ3n) is 4.11. The van der Waals surface area contributed by atoms with Gasteiger partial charge < -0.3 is 14.5 Å². The molecule has 0 radical (unpaired) electrons. The Hall–Kier alpha value is -2.70. The molecule has 1 aromatic carbocycles. The van der Waals surface area contributed by atoms with Crippen LogP contribution in [0, 0.1) is 0 Å². The number of aliphatic carboxylic acids is 1. The van der Waals surface area contributed by atoms with Crippen LogP contribution in [0.4, 0.5) is 0 Å². The molecule has 1 amide bonds. The Morgan fingerprint density at radius 2 is 1.96 bits per heavy atom. The number of nitrogens with zero attached hydrogens (tertiary/aromatic N) is 3. The lowest BCUT2D eigenvalue weighted by molar-refractivity contribution is -0.150. The molecule has 140 valence electrons. The number of benzene rings is 1. The number of amides is 1. The van der Waals surface area contributed by atoms with Crippen molar-refractivity contribution in [1.82, 2.24) is 15.0 Å². The average molecular weight is 359 g/mol. The summed E-state index contributed by atoms with van der Waals surface area (Å²) in [4.78, 5) is 29.6. The van der Waals surface area contributed by atoms with Gasteiger partial charge in [0.2, 0.25) is 11.8 Å². The van der Waals surface area contributed by atoms with Gasteiger partial charge in [-0.05, 0) is 25.3 Å². The van der Waals surface area contributed by atoms with Crippen molar-refractivity contribution in [3.8, 4) is 0 Å². The zero-order chi connectivity index (χ0) is 18.9. The Balaban J connectivity index is 1.93. The Morgan fingerprint density at radius 1 is 1.23 bits per heavy atom. The summed E-state index contributed by atoms with van der Waals surface area (Å²) in [6.07, 6.45) is 2.98. The van der Waals surface area contributed by atoms with Gasteiger partial charge >= 0.3 is 5.97 Å². The fraction of sp³-hybridized carbons (Fsp3) is 0.474. The van der Waals surface area contributed by atoms with Crippen LogP contribution in [0.15, 0.2) is 34.9 Å². The van der Waals surface area contributed by atoms with Crippen molar-refractivity contribution in [3.63, 3.8) is 0 Å². The molecule has 0 saturated carbocycles. The van der Waals surface area contributed by atoms with E-state index in [0.29, 0.717) is 24.6 Å². The quantitative estimate of drug-likeness (QED) is 0.701. The highest BCUT2D eigenvalue weighted by atomic mass is 16.5. The van der Waals surface area contributed by atoms with E-state index in [1.807, 2.05) is 37.3 Å². The van der Waals surface area contributed by atoms with Crippen molar-refractivity contribution < 1.29 is 19.2 Å². The molecule has 2 rings (SSSR count). The maximum absolute atomic E-state index is 12.6. The predicted octanol–water partition coefficient (Wildman–Crippen LogP) is 2.85. The molecule has 1 unspecified atom stereocenters. The number of aryl methyl sites for hydroxylation is 2. The summed E-state index contributed by atoms with van der Waals surface area (Å²) in [6.45, 7) is 3.84. The highest BCUT2D eigenvalue weighted by Crippen LogP contribution is 2.13. The molecular formula is C19H25N3O4. The zero-order valence-electron chi connectivity index (χ0n) is 15.2. The van der Waals surface area contributed by atoms with Crippen LogP contribution in [-0.2, 0) is 29.0 Å². The Kier molecular flexibility index (Phi) is 7.32. The van der Waals surface area contributed by atoms with E-state index in [9.17, 15) is 14.7 Å². The maximum atomic E-state index is 12.6. The van der Waals surface area contributed by atoms with Gasteiger partial charge in [0.15, 0.2) is 5.82 Å². The molecule has 1 heterocycles. The fourth-order valence-electron chi connectivity index (χ4n) is 2.61. The van der Waals surface area contributed by atoms with Crippen LogP contribution < -0.4 is 0 Å². The third kappa shape index (κ3) is 5.68. The van der Waals surface area contributed by atoms with E-state index in [2.05, 4.69) is 10.1 Å². The summed E-state index contributed by atoms with van der Waals surface area (Å²) in [5.74, 6) is -0.0198. The molecule has 0 aliphatic rings. The summed E-state index contributed by atoms with van der Waals surface area (Å²) in [5.41, 5.74) is 0.898. The van der Waals surface area contributed by atoms with Gasteiger partial charge in [-0.2, -0.15) is 4.98 Å². The molecular weight excluding hydrogens is 334 g/mol. The van der Waals surface area contributed by atoms with Gasteiger partial charge in [0, 0.05) is 25.8 Å². The fourth-order valence-corrected chi connectivity index (χ4v) is 2.61. The van der Waals surface area contributed by atoms with E-state index in [1.54, 1.807) is 0 Å². The summed E-state index contributed by atoms with van der Waals surface area (Å²) >= 11 is 0. The van der Waals surface area contributed by atoms with Gasteiger partial charge in [0.05, 0.1) is 0 Å². The molecule has 0 fully saturated rings. The Morgan fingerprint density at radius 3 is 2.62 bits per heavy atom. The normalized spacial score (nSPS) is 11.9. The zero-order valence-corrected chi connectivity index (χ0v) is 15.2. The van der Waals surface area contributed by atoms with Crippen LogP contribution in [0.25, 0.3) is 0 Å². The van der Waals surface area contributed by atoms with Crippen molar-refractivity contribution in [2.24, 2.45) is 0 Å². The van der Waals surface area contributed by atoms with Gasteiger partial charge in [-0.25, -0.2) is 4.79 Å². The number of rotatable bonds is 10. The lowest BCUT2D eigenvalue weighted by Crippen LogP contribution is -2.42. The molecule has 0 bridgehead atoms. The first-order valence-electron chi connectivity index (χ1n) is 8.89. The van der Waals surface area contributed by atoms with Crippen molar-refractivity contribution in [2.45, 2.75) is 58.5 Å². The summed E-state index contributed by atoms with van der Waals surface area (Å²) in [7, 11) is 0. The number of hydrogen-bond acceptors (Lipinski definition) is 5. The summed E-state index contributed by atoms with van der Waals surface area (Å²) in [6, 6.07) is 8.49. The molecule has 1 aromatic heterocycles. The van der Waals surface area contributed by atoms with Crippen molar-refractivity contribution in [3.05, 3.63) is 47.6 Å². The molecule has 7 heteroatoms. The molecule has 7 nitrogen and oxygen atoms in total. The van der Waals surface area contributed by atoms with Crippen LogP contribution in [0.3, 0.4) is 0 Å². The number of carbonyl (C=O) groups excluding carboxylic acids is 1. The van der Waals surface area contributed by atoms with Crippen LogP contribution >= 0.6 is 0 Å². The van der Waals surface area contributed by atoms with Crippen molar-refractivity contribution in [2.75, 3.05) is 0 Å².